The highest BCUT2D eigenvalue weighted by molar-refractivity contribution is 6.04. The summed E-state index contributed by atoms with van der Waals surface area (Å²) in [6.45, 7) is 5.37. The molecule has 1 fully saturated rings. The molecule has 7 nitrogen and oxygen atoms in total. The first kappa shape index (κ1) is 16.1. The van der Waals surface area contributed by atoms with Crippen molar-refractivity contribution in [3.05, 3.63) is 24.2 Å². The summed E-state index contributed by atoms with van der Waals surface area (Å²) < 4.78 is 5.15. The highest BCUT2D eigenvalue weighted by Gasteiger charge is 2.39. The predicted octanol–water partition coefficient (Wildman–Crippen LogP) is 0.223. The molecule has 2 rings (SSSR count). The number of furan rings is 1. The summed E-state index contributed by atoms with van der Waals surface area (Å²) in [7, 11) is 0. The van der Waals surface area contributed by atoms with Crippen LogP contribution in [0.5, 0.6) is 0 Å². The Labute approximate surface area is 129 Å². The third-order valence-electron chi connectivity index (χ3n) is 3.86. The van der Waals surface area contributed by atoms with Crippen LogP contribution in [0.1, 0.15) is 19.6 Å². The molecule has 1 aliphatic rings. The number of carbonyl (C=O) groups is 3. The van der Waals surface area contributed by atoms with Gasteiger partial charge in [-0.3, -0.25) is 14.4 Å². The molecular weight excluding hydrogens is 286 g/mol. The van der Waals surface area contributed by atoms with E-state index in [9.17, 15) is 14.4 Å². The molecule has 0 radical (unpaired) electrons. The first-order chi connectivity index (χ1) is 10.4. The lowest BCUT2D eigenvalue weighted by Crippen LogP contribution is -2.55. The summed E-state index contributed by atoms with van der Waals surface area (Å²) in [5.41, 5.74) is -1.16. The van der Waals surface area contributed by atoms with Gasteiger partial charge in [0.05, 0.1) is 12.8 Å². The SMILES string of the molecule is CC(C)(C(=O)NCc1ccco1)C(=O)N1CCN(C=O)CC1. The summed E-state index contributed by atoms with van der Waals surface area (Å²) in [4.78, 5) is 38.8. The summed E-state index contributed by atoms with van der Waals surface area (Å²) in [5, 5.41) is 2.72. The Morgan fingerprint density at radius 1 is 1.32 bits per heavy atom. The van der Waals surface area contributed by atoms with Crippen LogP contribution in [0.25, 0.3) is 0 Å². The van der Waals surface area contributed by atoms with Gasteiger partial charge in [-0.2, -0.15) is 0 Å². The van der Waals surface area contributed by atoms with E-state index in [1.54, 1.807) is 35.8 Å². The van der Waals surface area contributed by atoms with Gasteiger partial charge >= 0.3 is 0 Å². The van der Waals surface area contributed by atoms with Crippen molar-refractivity contribution in [3.8, 4) is 0 Å². The minimum atomic E-state index is -1.16. The van der Waals surface area contributed by atoms with Gasteiger partial charge in [0.2, 0.25) is 18.2 Å². The molecule has 0 aromatic carbocycles. The second-order valence-corrected chi connectivity index (χ2v) is 5.82. The molecule has 2 heterocycles. The second kappa shape index (κ2) is 6.64. The van der Waals surface area contributed by atoms with E-state index >= 15 is 0 Å². The molecule has 7 heteroatoms. The molecule has 1 aromatic rings. The van der Waals surface area contributed by atoms with Gasteiger partial charge in [-0.1, -0.05) is 0 Å². The Hall–Kier alpha value is -2.31. The number of nitrogens with zero attached hydrogens (tertiary/aromatic N) is 2. The number of piperazine rings is 1. The van der Waals surface area contributed by atoms with E-state index in [1.165, 1.54) is 6.26 Å². The first-order valence-corrected chi connectivity index (χ1v) is 7.24. The second-order valence-electron chi connectivity index (χ2n) is 5.82. The lowest BCUT2D eigenvalue weighted by atomic mass is 9.90. The summed E-state index contributed by atoms with van der Waals surface area (Å²) in [6, 6.07) is 3.50. The average Bonchev–Trinajstić information content (AvgIpc) is 3.05. The van der Waals surface area contributed by atoms with E-state index in [0.29, 0.717) is 31.9 Å². The number of amides is 3. The summed E-state index contributed by atoms with van der Waals surface area (Å²) in [5.74, 6) is 0.0675. The molecule has 1 aliphatic heterocycles. The molecule has 0 atom stereocenters. The van der Waals surface area contributed by atoms with Gasteiger partial charge in [-0.05, 0) is 26.0 Å². The third kappa shape index (κ3) is 3.47. The molecule has 0 spiro atoms. The molecule has 0 aliphatic carbocycles. The normalized spacial score (nSPS) is 15.5. The van der Waals surface area contributed by atoms with Gasteiger partial charge in [-0.15, -0.1) is 0 Å². The van der Waals surface area contributed by atoms with Gasteiger partial charge < -0.3 is 19.5 Å². The van der Waals surface area contributed by atoms with Crippen LogP contribution in [0, 0.1) is 5.41 Å². The van der Waals surface area contributed by atoms with Crippen molar-refractivity contribution in [1.29, 1.82) is 0 Å². The van der Waals surface area contributed by atoms with E-state index in [2.05, 4.69) is 5.32 Å². The van der Waals surface area contributed by atoms with Crippen molar-refractivity contribution >= 4 is 18.2 Å². The van der Waals surface area contributed by atoms with Crippen LogP contribution in [-0.4, -0.2) is 54.2 Å². The number of carbonyl (C=O) groups excluding carboxylic acids is 3. The van der Waals surface area contributed by atoms with Crippen molar-refractivity contribution in [2.45, 2.75) is 20.4 Å². The molecule has 120 valence electrons. The Balaban J connectivity index is 1.91. The standard InChI is InChI=1S/C15H21N3O4/c1-15(2,13(20)16-10-12-4-3-9-22-12)14(21)18-7-5-17(11-19)6-8-18/h3-4,9,11H,5-8,10H2,1-2H3,(H,16,20). The van der Waals surface area contributed by atoms with Crippen molar-refractivity contribution < 1.29 is 18.8 Å². The molecule has 22 heavy (non-hydrogen) atoms. The predicted molar refractivity (Wildman–Crippen MR) is 78.6 cm³/mol. The van der Waals surface area contributed by atoms with E-state index in [4.69, 9.17) is 4.42 Å². The van der Waals surface area contributed by atoms with Crippen LogP contribution in [0.3, 0.4) is 0 Å². The summed E-state index contributed by atoms with van der Waals surface area (Å²) >= 11 is 0. The zero-order chi connectivity index (χ0) is 16.2. The van der Waals surface area contributed by atoms with Crippen molar-refractivity contribution in [2.75, 3.05) is 26.2 Å². The van der Waals surface area contributed by atoms with Gasteiger partial charge in [0.1, 0.15) is 11.2 Å². The number of hydrogen-bond donors (Lipinski definition) is 1. The van der Waals surface area contributed by atoms with Gasteiger partial charge in [-0.25, -0.2) is 0 Å². The van der Waals surface area contributed by atoms with E-state index < -0.39 is 5.41 Å². The highest BCUT2D eigenvalue weighted by atomic mass is 16.3. The van der Waals surface area contributed by atoms with Gasteiger partial charge in [0.15, 0.2) is 0 Å². The van der Waals surface area contributed by atoms with Crippen LogP contribution in [0.15, 0.2) is 22.8 Å². The minimum Gasteiger partial charge on any atom is -0.467 e. The molecule has 0 saturated carbocycles. The zero-order valence-electron chi connectivity index (χ0n) is 12.9. The highest BCUT2D eigenvalue weighted by Crippen LogP contribution is 2.20. The smallest absolute Gasteiger partial charge is 0.237 e. The number of hydrogen-bond acceptors (Lipinski definition) is 4. The zero-order valence-corrected chi connectivity index (χ0v) is 12.9. The van der Waals surface area contributed by atoms with Gasteiger partial charge in [0.25, 0.3) is 0 Å². The summed E-state index contributed by atoms with van der Waals surface area (Å²) in [6.07, 6.45) is 2.31. The van der Waals surface area contributed by atoms with E-state index in [-0.39, 0.29) is 18.4 Å². The fourth-order valence-corrected chi connectivity index (χ4v) is 2.32. The topological polar surface area (TPSA) is 82.9 Å². The van der Waals surface area contributed by atoms with Crippen LogP contribution in [0.4, 0.5) is 0 Å². The largest absolute Gasteiger partial charge is 0.467 e. The molecule has 1 aromatic heterocycles. The Kier molecular flexibility index (Phi) is 4.85. The lowest BCUT2D eigenvalue weighted by molar-refractivity contribution is -0.150. The van der Waals surface area contributed by atoms with E-state index in [1.807, 2.05) is 0 Å². The van der Waals surface area contributed by atoms with Crippen LogP contribution < -0.4 is 5.32 Å². The van der Waals surface area contributed by atoms with E-state index in [0.717, 1.165) is 6.41 Å². The third-order valence-corrected chi connectivity index (χ3v) is 3.86. The Morgan fingerprint density at radius 2 is 2.00 bits per heavy atom. The first-order valence-electron chi connectivity index (χ1n) is 7.24. The molecule has 0 unspecified atom stereocenters. The monoisotopic (exact) mass is 307 g/mol. The fourth-order valence-electron chi connectivity index (χ4n) is 2.32. The molecular formula is C15H21N3O4. The minimum absolute atomic E-state index is 0.227. The number of nitrogens with one attached hydrogen (secondary N) is 1. The number of rotatable bonds is 5. The molecule has 1 saturated heterocycles. The van der Waals surface area contributed by atoms with Crippen molar-refractivity contribution in [2.24, 2.45) is 5.41 Å². The van der Waals surface area contributed by atoms with Gasteiger partial charge in [0, 0.05) is 26.2 Å². The molecule has 3 amide bonds. The maximum absolute atomic E-state index is 12.6. The van der Waals surface area contributed by atoms with Crippen LogP contribution >= 0.6 is 0 Å². The Morgan fingerprint density at radius 3 is 2.55 bits per heavy atom. The molecule has 0 bridgehead atoms. The maximum Gasteiger partial charge on any atom is 0.237 e. The lowest BCUT2D eigenvalue weighted by Gasteiger charge is -2.36. The Bertz CT molecular complexity index is 531. The van der Waals surface area contributed by atoms with Crippen molar-refractivity contribution in [1.82, 2.24) is 15.1 Å². The van der Waals surface area contributed by atoms with Crippen molar-refractivity contribution in [3.63, 3.8) is 0 Å². The quantitative estimate of drug-likeness (QED) is 0.623. The maximum atomic E-state index is 12.6. The molecule has 1 N–H and O–H groups in total. The van der Waals surface area contributed by atoms with Crippen LogP contribution in [0.2, 0.25) is 0 Å². The van der Waals surface area contributed by atoms with Crippen LogP contribution in [-0.2, 0) is 20.9 Å². The average molecular weight is 307 g/mol. The fraction of sp³-hybridized carbons (Fsp3) is 0.533.